The lowest BCUT2D eigenvalue weighted by Gasteiger charge is -2.26. The van der Waals surface area contributed by atoms with Crippen LogP contribution in [-0.2, 0) is 11.8 Å². The summed E-state index contributed by atoms with van der Waals surface area (Å²) in [5.41, 5.74) is 12.4. The van der Waals surface area contributed by atoms with Crippen molar-refractivity contribution in [1.29, 1.82) is 0 Å². The Morgan fingerprint density at radius 3 is 2.40 bits per heavy atom. The first-order valence-electron chi connectivity index (χ1n) is 16.3. The number of rotatable bonds is 7. The summed E-state index contributed by atoms with van der Waals surface area (Å²) in [5, 5.41) is 1.77. The van der Waals surface area contributed by atoms with Crippen molar-refractivity contribution in [3.05, 3.63) is 155 Å². The molecule has 50 heavy (non-hydrogen) atoms. The first-order chi connectivity index (χ1) is 24.4. The molecule has 1 aliphatic heterocycles. The maximum absolute atomic E-state index is 14.0. The number of hydrazine groups is 1. The third-order valence-electron chi connectivity index (χ3n) is 9.22. The van der Waals surface area contributed by atoms with Crippen LogP contribution in [0.3, 0.4) is 0 Å². The van der Waals surface area contributed by atoms with Gasteiger partial charge in [0.05, 0.1) is 11.7 Å². The molecule has 0 saturated carbocycles. The SMILES string of the molecule is Cc1cccc(Oc2ccc3[nH]c(C(=O)NNC(=O)CN4C(=O)c5ccccc5C4c4c(-c5ccccc5)n(C)c5ccccc45)cc3c2)c1. The Hall–Kier alpha value is -6.61. The number of para-hydroxylation sites is 1. The number of benzene rings is 5. The number of fused-ring (bicyclic) bond motifs is 3. The van der Waals surface area contributed by atoms with Crippen molar-refractivity contribution < 1.29 is 19.1 Å². The van der Waals surface area contributed by atoms with E-state index in [9.17, 15) is 14.4 Å². The van der Waals surface area contributed by atoms with E-state index in [0.717, 1.165) is 55.5 Å². The summed E-state index contributed by atoms with van der Waals surface area (Å²) in [6.07, 6.45) is 0. The van der Waals surface area contributed by atoms with Gasteiger partial charge in [0.2, 0.25) is 0 Å². The summed E-state index contributed by atoms with van der Waals surface area (Å²) >= 11 is 0. The smallest absolute Gasteiger partial charge is 0.286 e. The van der Waals surface area contributed by atoms with Gasteiger partial charge in [-0.2, -0.15) is 0 Å². The van der Waals surface area contributed by atoms with Gasteiger partial charge in [-0.1, -0.05) is 78.9 Å². The molecule has 0 radical (unpaired) electrons. The summed E-state index contributed by atoms with van der Waals surface area (Å²) in [6, 6.07) is 40.1. The highest BCUT2D eigenvalue weighted by molar-refractivity contribution is 6.04. The number of ether oxygens (including phenoxy) is 1. The van der Waals surface area contributed by atoms with Gasteiger partial charge in [-0.15, -0.1) is 0 Å². The monoisotopic (exact) mass is 659 g/mol. The van der Waals surface area contributed by atoms with E-state index in [1.54, 1.807) is 17.0 Å². The highest BCUT2D eigenvalue weighted by atomic mass is 16.5. The van der Waals surface area contributed by atoms with Crippen LogP contribution in [0.2, 0.25) is 0 Å². The average molecular weight is 660 g/mol. The lowest BCUT2D eigenvalue weighted by Crippen LogP contribution is -2.47. The van der Waals surface area contributed by atoms with Gasteiger partial charge in [0.1, 0.15) is 23.7 Å². The highest BCUT2D eigenvalue weighted by Gasteiger charge is 2.41. The van der Waals surface area contributed by atoms with Crippen molar-refractivity contribution in [2.24, 2.45) is 7.05 Å². The quantitative estimate of drug-likeness (QED) is 0.155. The predicted molar refractivity (Wildman–Crippen MR) is 193 cm³/mol. The minimum atomic E-state index is -0.536. The molecule has 0 aliphatic carbocycles. The maximum Gasteiger partial charge on any atom is 0.286 e. The number of hydrogen-bond donors (Lipinski definition) is 3. The van der Waals surface area contributed by atoms with Crippen LogP contribution in [0.25, 0.3) is 33.1 Å². The molecule has 1 atom stereocenters. The molecule has 0 saturated heterocycles. The van der Waals surface area contributed by atoms with Crippen molar-refractivity contribution in [3.63, 3.8) is 0 Å². The number of carbonyl (C=O) groups excluding carboxylic acids is 3. The van der Waals surface area contributed by atoms with E-state index in [-0.39, 0.29) is 18.1 Å². The average Bonchev–Trinajstić information content (AvgIpc) is 3.77. The third kappa shape index (κ3) is 5.44. The van der Waals surface area contributed by atoms with Crippen LogP contribution in [-0.4, -0.2) is 38.7 Å². The molecular formula is C41H33N5O4. The van der Waals surface area contributed by atoms with Gasteiger partial charge in [0, 0.05) is 40.0 Å². The molecule has 3 amide bonds. The number of aromatic amines is 1. The predicted octanol–water partition coefficient (Wildman–Crippen LogP) is 7.43. The Labute approximate surface area is 288 Å². The van der Waals surface area contributed by atoms with Crippen LogP contribution in [0.5, 0.6) is 11.5 Å². The summed E-state index contributed by atoms with van der Waals surface area (Å²) in [4.78, 5) is 45.3. The summed E-state index contributed by atoms with van der Waals surface area (Å²) in [6.45, 7) is 1.72. The van der Waals surface area contributed by atoms with Gasteiger partial charge in [0.25, 0.3) is 17.7 Å². The molecule has 2 aromatic heterocycles. The second-order valence-electron chi connectivity index (χ2n) is 12.5. The molecule has 0 spiro atoms. The van der Waals surface area contributed by atoms with E-state index < -0.39 is 17.9 Å². The number of aryl methyl sites for hydroxylation is 2. The van der Waals surface area contributed by atoms with E-state index >= 15 is 0 Å². The van der Waals surface area contributed by atoms with E-state index in [1.165, 1.54) is 0 Å². The standard InChI is InChI=1S/C41H33N5O4/c1-25-11-10-14-28(21-25)50-29-19-20-33-27(22-29)23-34(42-33)40(48)44-43-36(47)24-46-39(30-15-6-7-16-31(30)41(46)49)37-32-17-8-9-18-35(32)45(2)38(37)26-12-4-3-5-13-26/h3-23,39,42H,24H2,1-2H3,(H,43,47)(H,44,48). The first-order valence-corrected chi connectivity index (χ1v) is 16.3. The van der Waals surface area contributed by atoms with Crippen LogP contribution < -0.4 is 15.6 Å². The Kier molecular flexibility index (Phi) is 7.64. The van der Waals surface area contributed by atoms with E-state index in [2.05, 4.69) is 44.7 Å². The Bertz CT molecular complexity index is 2440. The fraction of sp³-hybridized carbons (Fsp3) is 0.0976. The van der Waals surface area contributed by atoms with Crippen molar-refractivity contribution in [2.45, 2.75) is 13.0 Å². The molecule has 3 heterocycles. The van der Waals surface area contributed by atoms with Crippen molar-refractivity contribution in [1.82, 2.24) is 25.3 Å². The van der Waals surface area contributed by atoms with E-state index in [1.807, 2.05) is 105 Å². The topological polar surface area (TPSA) is 108 Å². The largest absolute Gasteiger partial charge is 0.457 e. The van der Waals surface area contributed by atoms with Crippen molar-refractivity contribution >= 4 is 39.5 Å². The van der Waals surface area contributed by atoms with E-state index in [0.29, 0.717) is 11.3 Å². The maximum atomic E-state index is 14.0. The minimum absolute atomic E-state index is 0.252. The zero-order valence-electron chi connectivity index (χ0n) is 27.4. The molecule has 0 fully saturated rings. The molecule has 7 aromatic rings. The van der Waals surface area contributed by atoms with Gasteiger partial charge in [-0.25, -0.2) is 0 Å². The van der Waals surface area contributed by atoms with Crippen LogP contribution in [0.15, 0.2) is 127 Å². The minimum Gasteiger partial charge on any atom is -0.457 e. The normalized spacial score (nSPS) is 13.8. The van der Waals surface area contributed by atoms with Crippen LogP contribution in [0.1, 0.15) is 43.6 Å². The second-order valence-corrected chi connectivity index (χ2v) is 12.5. The van der Waals surface area contributed by atoms with Gasteiger partial charge in [0.15, 0.2) is 0 Å². The fourth-order valence-corrected chi connectivity index (χ4v) is 6.99. The van der Waals surface area contributed by atoms with Crippen LogP contribution >= 0.6 is 0 Å². The van der Waals surface area contributed by atoms with Crippen LogP contribution in [0.4, 0.5) is 0 Å². The second kappa shape index (κ2) is 12.4. The van der Waals surface area contributed by atoms with Crippen LogP contribution in [0, 0.1) is 6.92 Å². The molecule has 3 N–H and O–H groups in total. The zero-order chi connectivity index (χ0) is 34.4. The van der Waals surface area contributed by atoms with Crippen molar-refractivity contribution in [3.8, 4) is 22.8 Å². The Morgan fingerprint density at radius 1 is 0.800 bits per heavy atom. The number of carbonyl (C=O) groups is 3. The molecule has 9 heteroatoms. The zero-order valence-corrected chi connectivity index (χ0v) is 27.4. The lowest BCUT2D eigenvalue weighted by atomic mass is 9.93. The highest BCUT2D eigenvalue weighted by Crippen LogP contribution is 2.46. The number of hydrogen-bond acceptors (Lipinski definition) is 4. The summed E-state index contributed by atoms with van der Waals surface area (Å²) in [5.74, 6) is 0.0481. The molecule has 246 valence electrons. The van der Waals surface area contributed by atoms with E-state index in [4.69, 9.17) is 4.74 Å². The summed E-state index contributed by atoms with van der Waals surface area (Å²) < 4.78 is 8.15. The molecule has 5 aromatic carbocycles. The third-order valence-corrected chi connectivity index (χ3v) is 9.22. The molecule has 9 nitrogen and oxygen atoms in total. The van der Waals surface area contributed by atoms with Gasteiger partial charge in [-0.05, 0) is 72.1 Å². The molecule has 0 bridgehead atoms. The number of amides is 3. The number of aromatic nitrogens is 2. The number of nitrogens with zero attached hydrogens (tertiary/aromatic N) is 2. The fourth-order valence-electron chi connectivity index (χ4n) is 6.99. The lowest BCUT2D eigenvalue weighted by molar-refractivity contribution is -0.122. The Balaban J connectivity index is 1.04. The number of H-pyrrole nitrogens is 1. The Morgan fingerprint density at radius 2 is 1.56 bits per heavy atom. The molecule has 1 unspecified atom stereocenters. The molecule has 1 aliphatic rings. The van der Waals surface area contributed by atoms with Gasteiger partial charge >= 0.3 is 0 Å². The molecule has 8 rings (SSSR count). The van der Waals surface area contributed by atoms with Gasteiger partial charge < -0.3 is 19.2 Å². The van der Waals surface area contributed by atoms with Gasteiger partial charge in [-0.3, -0.25) is 25.2 Å². The first kappa shape index (κ1) is 30.7. The summed E-state index contributed by atoms with van der Waals surface area (Å²) in [7, 11) is 2.02. The number of nitrogens with one attached hydrogen (secondary N) is 3. The molecular weight excluding hydrogens is 626 g/mol. The van der Waals surface area contributed by atoms with Crippen molar-refractivity contribution in [2.75, 3.05) is 6.54 Å².